The van der Waals surface area contributed by atoms with E-state index in [4.69, 9.17) is 0 Å². The molecule has 9 nitrogen and oxygen atoms in total. The van der Waals surface area contributed by atoms with E-state index < -0.39 is 0 Å². The molecule has 0 unspecified atom stereocenters. The average molecular weight is 565 g/mol. The largest absolute Gasteiger partial charge is 0.348 e. The minimum atomic E-state index is -0.218. The first-order valence-corrected chi connectivity index (χ1v) is 14.2. The van der Waals surface area contributed by atoms with Crippen LogP contribution in [0.2, 0.25) is 0 Å². The van der Waals surface area contributed by atoms with Gasteiger partial charge in [0.05, 0.1) is 16.7 Å². The summed E-state index contributed by atoms with van der Waals surface area (Å²) in [6.45, 7) is 7.15. The van der Waals surface area contributed by atoms with E-state index in [1.807, 2.05) is 0 Å². The van der Waals surface area contributed by atoms with Crippen LogP contribution in [0.4, 0.5) is 0 Å². The van der Waals surface area contributed by atoms with Crippen molar-refractivity contribution in [3.05, 3.63) is 124 Å². The van der Waals surface area contributed by atoms with Crippen molar-refractivity contribution in [2.75, 3.05) is 0 Å². The number of pyridine rings is 3. The van der Waals surface area contributed by atoms with Crippen molar-refractivity contribution in [2.24, 2.45) is 0 Å². The minimum absolute atomic E-state index is 0.218. The fourth-order valence-corrected chi connectivity index (χ4v) is 5.32. The lowest BCUT2D eigenvalue weighted by Gasteiger charge is -2.27. The van der Waals surface area contributed by atoms with E-state index in [-0.39, 0.29) is 17.7 Å². The maximum atomic E-state index is 13.0. The number of carbonyl (C=O) groups is 3. The lowest BCUT2D eigenvalue weighted by atomic mass is 9.83. The molecular formula is C33H36N6O3. The molecule has 3 aromatic heterocycles. The summed E-state index contributed by atoms with van der Waals surface area (Å²) in [5.41, 5.74) is 7.71. The second-order valence-electron chi connectivity index (χ2n) is 9.71. The van der Waals surface area contributed by atoms with Gasteiger partial charge in [-0.2, -0.15) is 0 Å². The monoisotopic (exact) mass is 564 g/mol. The summed E-state index contributed by atoms with van der Waals surface area (Å²) in [6.07, 6.45) is 11.6. The lowest BCUT2D eigenvalue weighted by molar-refractivity contribution is 0.0943. The molecule has 0 bridgehead atoms. The Hall–Kier alpha value is -4.92. The molecule has 0 aliphatic heterocycles. The molecule has 1 aromatic carbocycles. The summed E-state index contributed by atoms with van der Waals surface area (Å²) in [7, 11) is 0. The van der Waals surface area contributed by atoms with Crippen molar-refractivity contribution in [3.63, 3.8) is 0 Å². The van der Waals surface area contributed by atoms with Crippen LogP contribution in [0.5, 0.6) is 0 Å². The topological polar surface area (TPSA) is 126 Å². The number of nitrogens with zero attached hydrogens (tertiary/aromatic N) is 3. The summed E-state index contributed by atoms with van der Waals surface area (Å²) >= 11 is 0. The maximum absolute atomic E-state index is 13.0. The quantitative estimate of drug-likeness (QED) is 0.235. The standard InChI is InChI=1S/C33H36N6O3/c1-4-25-28(19-37-31(40)22-10-7-13-34-16-22)26(5-2)30(21-39-33(42)24-12-9-15-36-18-24)27(6-3)29(25)20-38-32(41)23-11-8-14-35-17-23/h7-18H,4-6,19-21H2,1-3H3,(H,37,40)(H,38,41)(H,39,42). The molecule has 0 saturated heterocycles. The number of aromatic nitrogens is 3. The van der Waals surface area contributed by atoms with Crippen LogP contribution in [0.25, 0.3) is 0 Å². The number of hydrogen-bond acceptors (Lipinski definition) is 6. The van der Waals surface area contributed by atoms with Crippen LogP contribution >= 0.6 is 0 Å². The van der Waals surface area contributed by atoms with Crippen LogP contribution < -0.4 is 16.0 Å². The second-order valence-corrected chi connectivity index (χ2v) is 9.71. The molecule has 9 heteroatoms. The predicted octanol–water partition coefficient (Wildman–Crippen LogP) is 4.35. The van der Waals surface area contributed by atoms with Crippen LogP contribution in [0.3, 0.4) is 0 Å². The van der Waals surface area contributed by atoms with E-state index in [9.17, 15) is 14.4 Å². The van der Waals surface area contributed by atoms with Crippen molar-refractivity contribution in [1.82, 2.24) is 30.9 Å². The first-order valence-electron chi connectivity index (χ1n) is 14.2. The molecule has 3 heterocycles. The lowest BCUT2D eigenvalue weighted by Crippen LogP contribution is -2.30. The Morgan fingerprint density at radius 1 is 0.500 bits per heavy atom. The smallest absolute Gasteiger partial charge is 0.253 e. The molecule has 3 N–H and O–H groups in total. The van der Waals surface area contributed by atoms with Crippen LogP contribution in [0.15, 0.2) is 73.6 Å². The van der Waals surface area contributed by atoms with Gasteiger partial charge in [-0.15, -0.1) is 0 Å². The first-order chi connectivity index (χ1) is 20.5. The third kappa shape index (κ3) is 7.04. The van der Waals surface area contributed by atoms with E-state index in [2.05, 4.69) is 51.7 Å². The maximum Gasteiger partial charge on any atom is 0.253 e. The SMILES string of the molecule is CCc1c(CNC(=O)c2cccnc2)c(CC)c(CNC(=O)c2cccnc2)c(CC)c1CNC(=O)c1cccnc1. The van der Waals surface area contributed by atoms with E-state index in [0.717, 1.165) is 33.4 Å². The van der Waals surface area contributed by atoms with Crippen LogP contribution in [-0.2, 0) is 38.9 Å². The zero-order valence-corrected chi connectivity index (χ0v) is 24.2. The summed E-state index contributed by atoms with van der Waals surface area (Å²) in [4.78, 5) is 51.1. The number of nitrogens with one attached hydrogen (secondary N) is 3. The molecule has 216 valence electrons. The zero-order valence-electron chi connectivity index (χ0n) is 24.2. The number of hydrogen-bond donors (Lipinski definition) is 3. The van der Waals surface area contributed by atoms with Gasteiger partial charge in [0.2, 0.25) is 0 Å². The molecule has 0 aliphatic rings. The fourth-order valence-electron chi connectivity index (χ4n) is 5.32. The second kappa shape index (κ2) is 14.6. The van der Waals surface area contributed by atoms with Gasteiger partial charge in [0.15, 0.2) is 0 Å². The van der Waals surface area contributed by atoms with E-state index in [0.29, 0.717) is 55.6 Å². The van der Waals surface area contributed by atoms with E-state index >= 15 is 0 Å². The molecule has 0 spiro atoms. The Labute approximate surface area is 246 Å². The first kappa shape index (κ1) is 30.0. The van der Waals surface area contributed by atoms with Crippen molar-refractivity contribution in [2.45, 2.75) is 59.7 Å². The molecule has 0 fully saturated rings. The normalized spacial score (nSPS) is 10.6. The van der Waals surface area contributed by atoms with Crippen molar-refractivity contribution < 1.29 is 14.4 Å². The van der Waals surface area contributed by atoms with Gasteiger partial charge >= 0.3 is 0 Å². The Kier molecular flexibility index (Phi) is 10.5. The number of rotatable bonds is 12. The third-order valence-corrected chi connectivity index (χ3v) is 7.29. The third-order valence-electron chi connectivity index (χ3n) is 7.29. The van der Waals surface area contributed by atoms with Crippen LogP contribution in [0, 0.1) is 0 Å². The van der Waals surface area contributed by atoms with Gasteiger partial charge in [-0.25, -0.2) is 0 Å². The Morgan fingerprint density at radius 2 is 0.786 bits per heavy atom. The summed E-state index contributed by atoms with van der Waals surface area (Å²) in [6, 6.07) is 10.4. The predicted molar refractivity (Wildman–Crippen MR) is 161 cm³/mol. The van der Waals surface area contributed by atoms with Gasteiger partial charge < -0.3 is 16.0 Å². The fraction of sp³-hybridized carbons (Fsp3) is 0.273. The highest BCUT2D eigenvalue weighted by molar-refractivity contribution is 5.95. The molecule has 3 amide bonds. The molecule has 4 aromatic rings. The average Bonchev–Trinajstić information content (AvgIpc) is 3.05. The molecule has 0 atom stereocenters. The number of carbonyl (C=O) groups excluding carboxylic acids is 3. The summed E-state index contributed by atoms with van der Waals surface area (Å²) in [5, 5.41) is 9.20. The molecule has 42 heavy (non-hydrogen) atoms. The van der Waals surface area contributed by atoms with E-state index in [1.165, 1.54) is 18.6 Å². The van der Waals surface area contributed by atoms with Crippen molar-refractivity contribution in [3.8, 4) is 0 Å². The number of benzene rings is 1. The summed E-state index contributed by atoms with van der Waals surface area (Å²) in [5.74, 6) is -0.654. The minimum Gasteiger partial charge on any atom is -0.348 e. The van der Waals surface area contributed by atoms with Gasteiger partial charge in [0.25, 0.3) is 17.7 Å². The Bertz CT molecular complexity index is 1320. The van der Waals surface area contributed by atoms with Gasteiger partial charge in [-0.1, -0.05) is 20.8 Å². The highest BCUT2D eigenvalue weighted by Crippen LogP contribution is 2.31. The van der Waals surface area contributed by atoms with Gasteiger partial charge in [-0.05, 0) is 89.0 Å². The van der Waals surface area contributed by atoms with Gasteiger partial charge in [0, 0.05) is 56.8 Å². The zero-order chi connectivity index (χ0) is 29.9. The molecule has 4 rings (SSSR count). The van der Waals surface area contributed by atoms with Crippen LogP contribution in [-0.4, -0.2) is 32.7 Å². The molecule has 0 aliphatic carbocycles. The number of amides is 3. The molecule has 0 radical (unpaired) electrons. The van der Waals surface area contributed by atoms with Gasteiger partial charge in [0.1, 0.15) is 0 Å². The highest BCUT2D eigenvalue weighted by atomic mass is 16.2. The summed E-state index contributed by atoms with van der Waals surface area (Å²) < 4.78 is 0. The molecule has 0 saturated carbocycles. The molecular weight excluding hydrogens is 528 g/mol. The highest BCUT2D eigenvalue weighted by Gasteiger charge is 2.23. The Balaban J connectivity index is 1.73. The van der Waals surface area contributed by atoms with Crippen molar-refractivity contribution in [1.29, 1.82) is 0 Å². The van der Waals surface area contributed by atoms with E-state index in [1.54, 1.807) is 55.0 Å². The van der Waals surface area contributed by atoms with Crippen molar-refractivity contribution >= 4 is 17.7 Å². The Morgan fingerprint density at radius 3 is 1.00 bits per heavy atom. The van der Waals surface area contributed by atoms with Gasteiger partial charge in [-0.3, -0.25) is 29.3 Å². The van der Waals surface area contributed by atoms with Crippen LogP contribution in [0.1, 0.15) is 85.2 Å².